The zero-order valence-corrected chi connectivity index (χ0v) is 22.2. The average molecular weight is 575 g/mol. The number of guanidine groups is 1. The number of nitrogens with zero attached hydrogens (tertiary/aromatic N) is 2. The molecule has 6 nitrogen and oxygen atoms in total. The molecule has 3 aliphatic rings. The Kier molecular flexibility index (Phi) is 10.2. The summed E-state index contributed by atoms with van der Waals surface area (Å²) >= 11 is 0. The molecule has 0 aromatic heterocycles. The molecule has 2 heterocycles. The fourth-order valence-corrected chi connectivity index (χ4v) is 5.71. The summed E-state index contributed by atoms with van der Waals surface area (Å²) in [6.45, 7) is 6.80. The first kappa shape index (κ1) is 26.6. The second kappa shape index (κ2) is 12.7. The number of hydrogen-bond donors (Lipinski definition) is 2. The van der Waals surface area contributed by atoms with Crippen molar-refractivity contribution < 1.29 is 13.9 Å². The Hall–Kier alpha value is -0.970. The van der Waals surface area contributed by atoms with Crippen molar-refractivity contribution in [1.82, 2.24) is 15.5 Å². The average Bonchev–Trinajstić information content (AvgIpc) is 2.86. The maximum Gasteiger partial charge on any atom is 0.191 e. The van der Waals surface area contributed by atoms with Crippen LogP contribution in [0, 0.1) is 5.82 Å². The number of halogens is 2. The maximum atomic E-state index is 13.5. The SMILES string of the molecule is CN=C(NCC1(c2ccc(F)cc2)CCOCC1)NCC1(N2CCOCC2)CCCCC1.I. The lowest BCUT2D eigenvalue weighted by atomic mass is 9.74. The maximum absolute atomic E-state index is 13.5. The summed E-state index contributed by atoms with van der Waals surface area (Å²) in [7, 11) is 1.84. The van der Waals surface area contributed by atoms with Crippen LogP contribution in [0.2, 0.25) is 0 Å². The van der Waals surface area contributed by atoms with E-state index in [-0.39, 0.29) is 40.7 Å². The summed E-state index contributed by atoms with van der Waals surface area (Å²) in [4.78, 5) is 7.18. The molecule has 0 atom stereocenters. The Labute approximate surface area is 215 Å². The lowest BCUT2D eigenvalue weighted by Crippen LogP contribution is -2.61. The topological polar surface area (TPSA) is 58.1 Å². The second-order valence-electron chi connectivity index (χ2n) is 9.56. The van der Waals surface area contributed by atoms with Gasteiger partial charge in [0.05, 0.1) is 13.2 Å². The predicted molar refractivity (Wildman–Crippen MR) is 141 cm³/mol. The smallest absolute Gasteiger partial charge is 0.191 e. The normalized spacial score (nSPS) is 23.4. The highest BCUT2D eigenvalue weighted by Gasteiger charge is 2.39. The molecule has 1 saturated carbocycles. The molecule has 0 spiro atoms. The number of ether oxygens (including phenoxy) is 2. The molecule has 0 unspecified atom stereocenters. The molecular weight excluding hydrogens is 534 g/mol. The van der Waals surface area contributed by atoms with Crippen molar-refractivity contribution in [2.75, 3.05) is 59.7 Å². The zero-order valence-electron chi connectivity index (χ0n) is 19.9. The zero-order chi connectivity index (χ0) is 22.3. The number of morpholine rings is 1. The molecule has 0 radical (unpaired) electrons. The largest absolute Gasteiger partial charge is 0.381 e. The number of aliphatic imine (C=N–C) groups is 1. The van der Waals surface area contributed by atoms with E-state index in [9.17, 15) is 4.39 Å². The minimum Gasteiger partial charge on any atom is -0.381 e. The lowest BCUT2D eigenvalue weighted by molar-refractivity contribution is -0.0352. The van der Waals surface area contributed by atoms with Crippen molar-refractivity contribution in [1.29, 1.82) is 0 Å². The van der Waals surface area contributed by atoms with Gasteiger partial charge in [0.25, 0.3) is 0 Å². The third-order valence-corrected chi connectivity index (χ3v) is 7.78. The van der Waals surface area contributed by atoms with E-state index in [2.05, 4.69) is 20.5 Å². The van der Waals surface area contributed by atoms with Crippen molar-refractivity contribution in [2.45, 2.75) is 55.9 Å². The van der Waals surface area contributed by atoms with Crippen LogP contribution in [-0.4, -0.2) is 76.1 Å². The van der Waals surface area contributed by atoms with Gasteiger partial charge in [0.1, 0.15) is 5.82 Å². The molecule has 1 aromatic rings. The van der Waals surface area contributed by atoms with Gasteiger partial charge in [-0.3, -0.25) is 9.89 Å². The molecule has 1 aromatic carbocycles. The van der Waals surface area contributed by atoms with Crippen LogP contribution in [0.1, 0.15) is 50.5 Å². The van der Waals surface area contributed by atoms with E-state index in [4.69, 9.17) is 9.47 Å². The molecule has 186 valence electrons. The summed E-state index contributed by atoms with van der Waals surface area (Å²) in [6.07, 6.45) is 8.21. The van der Waals surface area contributed by atoms with E-state index in [1.165, 1.54) is 37.7 Å². The van der Waals surface area contributed by atoms with Gasteiger partial charge >= 0.3 is 0 Å². The molecule has 4 rings (SSSR count). The van der Waals surface area contributed by atoms with Crippen molar-refractivity contribution in [3.8, 4) is 0 Å². The van der Waals surface area contributed by atoms with Crippen LogP contribution >= 0.6 is 24.0 Å². The summed E-state index contributed by atoms with van der Waals surface area (Å²) < 4.78 is 24.8. The number of hydrogen-bond acceptors (Lipinski definition) is 4. The van der Waals surface area contributed by atoms with Gasteiger partial charge in [0.2, 0.25) is 0 Å². The van der Waals surface area contributed by atoms with Crippen LogP contribution in [0.25, 0.3) is 0 Å². The summed E-state index contributed by atoms with van der Waals surface area (Å²) in [5, 5.41) is 7.26. The highest BCUT2D eigenvalue weighted by atomic mass is 127. The summed E-state index contributed by atoms with van der Waals surface area (Å²) in [5.41, 5.74) is 1.28. The number of nitrogens with one attached hydrogen (secondary N) is 2. The molecule has 2 N–H and O–H groups in total. The molecule has 1 aliphatic carbocycles. The van der Waals surface area contributed by atoms with Gasteiger partial charge in [-0.1, -0.05) is 31.4 Å². The van der Waals surface area contributed by atoms with E-state index < -0.39 is 0 Å². The van der Waals surface area contributed by atoms with E-state index in [1.54, 1.807) is 12.1 Å². The van der Waals surface area contributed by atoms with Gasteiger partial charge in [-0.2, -0.15) is 0 Å². The van der Waals surface area contributed by atoms with Crippen LogP contribution in [0.5, 0.6) is 0 Å². The second-order valence-corrected chi connectivity index (χ2v) is 9.56. The first-order chi connectivity index (χ1) is 15.7. The van der Waals surface area contributed by atoms with Crippen molar-refractivity contribution in [3.63, 3.8) is 0 Å². The van der Waals surface area contributed by atoms with Crippen LogP contribution in [0.3, 0.4) is 0 Å². The van der Waals surface area contributed by atoms with E-state index in [0.29, 0.717) is 0 Å². The van der Waals surface area contributed by atoms with Crippen molar-refractivity contribution in [2.24, 2.45) is 4.99 Å². The Bertz CT molecular complexity index is 743. The van der Waals surface area contributed by atoms with Crippen LogP contribution < -0.4 is 10.6 Å². The van der Waals surface area contributed by atoms with Gasteiger partial charge in [0, 0.05) is 57.4 Å². The quantitative estimate of drug-likeness (QED) is 0.309. The lowest BCUT2D eigenvalue weighted by Gasteiger charge is -2.48. The Morgan fingerprint density at radius 3 is 2.15 bits per heavy atom. The van der Waals surface area contributed by atoms with E-state index >= 15 is 0 Å². The summed E-state index contributed by atoms with van der Waals surface area (Å²) in [5.74, 6) is 0.651. The van der Waals surface area contributed by atoms with Gasteiger partial charge in [-0.05, 0) is 43.4 Å². The van der Waals surface area contributed by atoms with Crippen LogP contribution in [-0.2, 0) is 14.9 Å². The highest BCUT2D eigenvalue weighted by molar-refractivity contribution is 14.0. The molecule has 2 saturated heterocycles. The fraction of sp³-hybridized carbons (Fsp3) is 0.720. The monoisotopic (exact) mass is 574 g/mol. The molecule has 0 bridgehead atoms. The fourth-order valence-electron chi connectivity index (χ4n) is 5.71. The van der Waals surface area contributed by atoms with Crippen LogP contribution in [0.4, 0.5) is 4.39 Å². The predicted octanol–water partition coefficient (Wildman–Crippen LogP) is 3.69. The molecule has 33 heavy (non-hydrogen) atoms. The standard InChI is InChI=1S/C25H39FN4O2.HI/c1-27-23(29-20-25(9-3-2-4-10-25)30-13-17-32-18-14-30)28-19-24(11-15-31-16-12-24)21-5-7-22(26)8-6-21;/h5-8H,2-4,9-20H2,1H3,(H2,27,28,29);1H. The van der Waals surface area contributed by atoms with Crippen LogP contribution in [0.15, 0.2) is 29.3 Å². The minimum atomic E-state index is -0.192. The Morgan fingerprint density at radius 2 is 1.52 bits per heavy atom. The third-order valence-electron chi connectivity index (χ3n) is 7.78. The molecule has 8 heteroatoms. The molecule has 2 aliphatic heterocycles. The molecule has 0 amide bonds. The molecular formula is C25H40FIN4O2. The minimum absolute atomic E-state index is 0. The first-order valence-corrected chi connectivity index (χ1v) is 12.3. The van der Waals surface area contributed by atoms with Gasteiger partial charge in [-0.25, -0.2) is 4.39 Å². The first-order valence-electron chi connectivity index (χ1n) is 12.3. The van der Waals surface area contributed by atoms with Gasteiger partial charge in [0.15, 0.2) is 5.96 Å². The van der Waals surface area contributed by atoms with Crippen molar-refractivity contribution >= 4 is 29.9 Å². The van der Waals surface area contributed by atoms with E-state index in [1.807, 2.05) is 19.2 Å². The Morgan fingerprint density at radius 1 is 0.909 bits per heavy atom. The number of rotatable bonds is 6. The summed E-state index contributed by atoms with van der Waals surface area (Å²) in [6, 6.07) is 6.98. The van der Waals surface area contributed by atoms with Crippen molar-refractivity contribution in [3.05, 3.63) is 35.6 Å². The van der Waals surface area contributed by atoms with E-state index in [0.717, 1.165) is 71.4 Å². The number of benzene rings is 1. The van der Waals surface area contributed by atoms with Gasteiger partial charge < -0.3 is 20.1 Å². The third kappa shape index (κ3) is 6.58. The van der Waals surface area contributed by atoms with Gasteiger partial charge in [-0.15, -0.1) is 24.0 Å². The highest BCUT2D eigenvalue weighted by Crippen LogP contribution is 2.35. The Balaban J connectivity index is 0.00000306. The molecule has 3 fully saturated rings.